The molecule has 4 aromatic rings. The lowest BCUT2D eigenvalue weighted by Gasteiger charge is -2.35. The first-order valence-electron chi connectivity index (χ1n) is 14.0. The number of hydrogen-bond acceptors (Lipinski definition) is 4. The van der Waals surface area contributed by atoms with E-state index < -0.39 is 24.1 Å². The normalized spacial score (nSPS) is 14.4. The minimum absolute atomic E-state index is 0.0687. The van der Waals surface area contributed by atoms with Crippen LogP contribution in [0.2, 0.25) is 0 Å². The molecule has 0 radical (unpaired) electrons. The molecular formula is C32H33F4N5O2. The highest BCUT2D eigenvalue weighted by atomic mass is 19.4. The van der Waals surface area contributed by atoms with Crippen LogP contribution in [-0.2, 0) is 13.0 Å². The number of para-hydroxylation sites is 1. The third-order valence-corrected chi connectivity index (χ3v) is 7.34. The van der Waals surface area contributed by atoms with Gasteiger partial charge in [0.2, 0.25) is 0 Å². The smallest absolute Gasteiger partial charge is 0.408 e. The maximum atomic E-state index is 15.2. The number of primary amides is 1. The van der Waals surface area contributed by atoms with Crippen molar-refractivity contribution in [1.82, 2.24) is 14.7 Å². The number of ether oxygens (including phenoxy) is 1. The molecule has 0 fully saturated rings. The highest BCUT2D eigenvalue weighted by molar-refractivity contribution is 5.88. The maximum absolute atomic E-state index is 15.2. The van der Waals surface area contributed by atoms with E-state index in [-0.39, 0.29) is 36.7 Å². The summed E-state index contributed by atoms with van der Waals surface area (Å²) in [6.45, 7) is 6.44. The first-order chi connectivity index (χ1) is 20.4. The molecule has 0 saturated heterocycles. The standard InChI is InChI=1S/C32H33F4N5O2/c1-19(2)18-43-27-11-7-8-20(3)28(27)41-29(22-12-13-26(24(33)16-22)38-31(37)42)23-17-40(15-14-25(23)39-41)30(32(34,35)36)21-9-5-4-6-10-21/h4-13,16,19,30H,14-15,17-18H2,1-3H3,(H3,37,38,42). The molecule has 7 nitrogen and oxygen atoms in total. The topological polar surface area (TPSA) is 85.4 Å². The van der Waals surface area contributed by atoms with Crippen molar-refractivity contribution < 1.29 is 27.1 Å². The highest BCUT2D eigenvalue weighted by Crippen LogP contribution is 2.43. The summed E-state index contributed by atoms with van der Waals surface area (Å²) < 4.78 is 66.7. The molecule has 2 amide bonds. The first-order valence-corrected chi connectivity index (χ1v) is 14.0. The monoisotopic (exact) mass is 595 g/mol. The number of urea groups is 1. The predicted octanol–water partition coefficient (Wildman–Crippen LogP) is 7.17. The summed E-state index contributed by atoms with van der Waals surface area (Å²) in [7, 11) is 0. The van der Waals surface area contributed by atoms with Gasteiger partial charge in [0, 0.05) is 30.6 Å². The SMILES string of the molecule is Cc1cccc(OCC(C)C)c1-n1nc2c(c1-c1ccc(NC(N)=O)c(F)c1)CN(C(c1ccccc1)C(F)(F)F)CC2. The van der Waals surface area contributed by atoms with Crippen molar-refractivity contribution >= 4 is 11.7 Å². The number of nitrogens with zero attached hydrogens (tertiary/aromatic N) is 3. The van der Waals surface area contributed by atoms with Crippen LogP contribution in [0.15, 0.2) is 66.7 Å². The van der Waals surface area contributed by atoms with E-state index in [4.69, 9.17) is 15.6 Å². The number of amides is 2. The van der Waals surface area contributed by atoms with Crippen LogP contribution >= 0.6 is 0 Å². The molecule has 1 aliphatic rings. The van der Waals surface area contributed by atoms with Gasteiger partial charge in [-0.3, -0.25) is 4.90 Å². The molecule has 1 unspecified atom stereocenters. The molecule has 226 valence electrons. The van der Waals surface area contributed by atoms with Crippen LogP contribution in [0.4, 0.5) is 28.0 Å². The average molecular weight is 596 g/mol. The average Bonchev–Trinajstić information content (AvgIpc) is 3.31. The zero-order valence-corrected chi connectivity index (χ0v) is 24.1. The Morgan fingerprint density at radius 3 is 2.49 bits per heavy atom. The second kappa shape index (κ2) is 12.1. The van der Waals surface area contributed by atoms with Crippen LogP contribution in [0, 0.1) is 18.7 Å². The summed E-state index contributed by atoms with van der Waals surface area (Å²) in [5.74, 6) is 0.0458. The van der Waals surface area contributed by atoms with Gasteiger partial charge in [0.1, 0.15) is 23.3 Å². The van der Waals surface area contributed by atoms with Gasteiger partial charge in [-0.2, -0.15) is 18.3 Å². The van der Waals surface area contributed by atoms with E-state index in [9.17, 15) is 18.0 Å². The summed E-state index contributed by atoms with van der Waals surface area (Å²) in [6.07, 6.45) is -4.27. The molecule has 43 heavy (non-hydrogen) atoms. The van der Waals surface area contributed by atoms with E-state index >= 15 is 4.39 Å². The zero-order valence-electron chi connectivity index (χ0n) is 24.1. The summed E-state index contributed by atoms with van der Waals surface area (Å²) in [5, 5.41) is 7.14. The fourth-order valence-corrected chi connectivity index (χ4v) is 5.49. The van der Waals surface area contributed by atoms with Crippen LogP contribution in [-0.4, -0.2) is 40.0 Å². The van der Waals surface area contributed by atoms with E-state index in [1.54, 1.807) is 28.9 Å². The molecule has 11 heteroatoms. The van der Waals surface area contributed by atoms with E-state index in [0.29, 0.717) is 40.6 Å². The third kappa shape index (κ3) is 6.36. The van der Waals surface area contributed by atoms with Crippen LogP contribution in [0.3, 0.4) is 0 Å². The molecule has 3 aromatic carbocycles. The predicted molar refractivity (Wildman–Crippen MR) is 157 cm³/mol. The van der Waals surface area contributed by atoms with Crippen molar-refractivity contribution in [3.63, 3.8) is 0 Å². The molecule has 0 aliphatic carbocycles. The number of aromatic nitrogens is 2. The summed E-state index contributed by atoms with van der Waals surface area (Å²) in [6, 6.07) is 14.8. The van der Waals surface area contributed by atoms with E-state index in [2.05, 4.69) is 5.32 Å². The Labute approximate surface area is 247 Å². The molecule has 0 saturated carbocycles. The van der Waals surface area contributed by atoms with Gasteiger partial charge in [-0.1, -0.05) is 62.4 Å². The minimum Gasteiger partial charge on any atom is -0.491 e. The summed E-state index contributed by atoms with van der Waals surface area (Å²) in [4.78, 5) is 12.8. The van der Waals surface area contributed by atoms with Crippen molar-refractivity contribution in [3.05, 3.63) is 94.9 Å². The van der Waals surface area contributed by atoms with Gasteiger partial charge in [0.25, 0.3) is 0 Å². The Morgan fingerprint density at radius 1 is 1.09 bits per heavy atom. The second-order valence-electron chi connectivity index (χ2n) is 11.1. The molecule has 0 bridgehead atoms. The van der Waals surface area contributed by atoms with Gasteiger partial charge < -0.3 is 15.8 Å². The van der Waals surface area contributed by atoms with Crippen LogP contribution in [0.25, 0.3) is 16.9 Å². The molecule has 1 aliphatic heterocycles. The first kappa shape index (κ1) is 30.1. The van der Waals surface area contributed by atoms with Gasteiger partial charge >= 0.3 is 12.2 Å². The number of rotatable bonds is 8. The largest absolute Gasteiger partial charge is 0.491 e. The molecule has 0 spiro atoms. The van der Waals surface area contributed by atoms with E-state index in [1.165, 1.54) is 29.2 Å². The number of nitrogens with one attached hydrogen (secondary N) is 1. The minimum atomic E-state index is -4.53. The number of halogens is 4. The number of hydrogen-bond donors (Lipinski definition) is 2. The number of carbonyl (C=O) groups excluding carboxylic acids is 1. The van der Waals surface area contributed by atoms with Gasteiger partial charge in [-0.25, -0.2) is 13.9 Å². The molecule has 1 atom stereocenters. The fourth-order valence-electron chi connectivity index (χ4n) is 5.49. The number of benzene rings is 3. The van der Waals surface area contributed by atoms with Gasteiger partial charge in [0.15, 0.2) is 0 Å². The summed E-state index contributed by atoms with van der Waals surface area (Å²) in [5.41, 5.74) is 8.66. The van der Waals surface area contributed by atoms with Gasteiger partial charge in [-0.05, 0) is 42.2 Å². The number of anilines is 1. The van der Waals surface area contributed by atoms with Crippen LogP contribution in [0.1, 0.15) is 42.3 Å². The summed E-state index contributed by atoms with van der Waals surface area (Å²) >= 11 is 0. The number of carbonyl (C=O) groups is 1. The lowest BCUT2D eigenvalue weighted by molar-refractivity contribution is -0.189. The van der Waals surface area contributed by atoms with Gasteiger partial charge in [0.05, 0.1) is 23.7 Å². The van der Waals surface area contributed by atoms with Crippen molar-refractivity contribution in [1.29, 1.82) is 0 Å². The van der Waals surface area contributed by atoms with Crippen molar-refractivity contribution in [3.8, 4) is 22.7 Å². The van der Waals surface area contributed by atoms with Crippen LogP contribution < -0.4 is 15.8 Å². The number of fused-ring (bicyclic) bond motifs is 1. The quantitative estimate of drug-likeness (QED) is 0.212. The van der Waals surface area contributed by atoms with Crippen molar-refractivity contribution in [2.45, 2.75) is 46.0 Å². The Bertz CT molecular complexity index is 1620. The van der Waals surface area contributed by atoms with E-state index in [0.717, 1.165) is 5.56 Å². The number of aryl methyl sites for hydroxylation is 1. The van der Waals surface area contributed by atoms with Crippen molar-refractivity contribution in [2.24, 2.45) is 11.7 Å². The Kier molecular flexibility index (Phi) is 8.45. The molecule has 5 rings (SSSR count). The van der Waals surface area contributed by atoms with E-state index in [1.807, 2.05) is 39.0 Å². The molecular weight excluding hydrogens is 562 g/mol. The molecule has 2 heterocycles. The highest BCUT2D eigenvalue weighted by Gasteiger charge is 2.46. The lowest BCUT2D eigenvalue weighted by atomic mass is 9.96. The Hall–Kier alpha value is -4.38. The zero-order chi connectivity index (χ0) is 30.9. The molecule has 1 aromatic heterocycles. The third-order valence-electron chi connectivity index (χ3n) is 7.34. The number of alkyl halides is 3. The fraction of sp³-hybridized carbons (Fsp3) is 0.312. The Morgan fingerprint density at radius 2 is 1.84 bits per heavy atom. The van der Waals surface area contributed by atoms with Gasteiger partial charge in [-0.15, -0.1) is 0 Å². The Balaban J connectivity index is 1.68. The lowest BCUT2D eigenvalue weighted by Crippen LogP contribution is -2.41. The number of nitrogens with two attached hydrogens (primary N) is 1. The maximum Gasteiger partial charge on any atom is 0.408 e. The molecule has 3 N–H and O–H groups in total. The second-order valence-corrected chi connectivity index (χ2v) is 11.1. The van der Waals surface area contributed by atoms with Crippen molar-refractivity contribution in [2.75, 3.05) is 18.5 Å². The van der Waals surface area contributed by atoms with Crippen LogP contribution in [0.5, 0.6) is 5.75 Å².